The molecule has 5 amide bonds. The van der Waals surface area contributed by atoms with Crippen LogP contribution in [0.3, 0.4) is 0 Å². The van der Waals surface area contributed by atoms with E-state index < -0.39 is 53.8 Å². The number of carbonyl (C=O) groups is 6. The van der Waals surface area contributed by atoms with Crippen LogP contribution >= 0.6 is 0 Å². The molecule has 13 heteroatoms. The number of carbonyl (C=O) groups excluding carboxylic acids is 6. The number of esters is 1. The lowest BCUT2D eigenvalue weighted by molar-refractivity contribution is -0.160. The Labute approximate surface area is 219 Å². The number of hydrogen-bond donors (Lipinski definition) is 2. The van der Waals surface area contributed by atoms with Crippen LogP contribution in [0.5, 0.6) is 5.75 Å². The van der Waals surface area contributed by atoms with Gasteiger partial charge in [-0.3, -0.25) is 34.2 Å². The van der Waals surface area contributed by atoms with E-state index in [9.17, 15) is 28.8 Å². The number of piperidine rings is 1. The summed E-state index contributed by atoms with van der Waals surface area (Å²) < 4.78 is 21.1. The number of imide groups is 2. The predicted molar refractivity (Wildman–Crippen MR) is 129 cm³/mol. The predicted octanol–water partition coefficient (Wildman–Crippen LogP) is -0.0423. The minimum atomic E-state index is -1.10. The van der Waals surface area contributed by atoms with Crippen LogP contribution in [0.15, 0.2) is 18.2 Å². The van der Waals surface area contributed by atoms with E-state index in [1.807, 2.05) is 0 Å². The van der Waals surface area contributed by atoms with Crippen LogP contribution in [0.25, 0.3) is 0 Å². The molecular weight excluding hydrogens is 502 g/mol. The van der Waals surface area contributed by atoms with Gasteiger partial charge in [-0.2, -0.15) is 0 Å². The molecule has 1 atom stereocenters. The highest BCUT2D eigenvalue weighted by Gasteiger charge is 2.46. The fourth-order valence-electron chi connectivity index (χ4n) is 3.81. The quantitative estimate of drug-likeness (QED) is 0.211. The van der Waals surface area contributed by atoms with Gasteiger partial charge in [-0.15, -0.1) is 0 Å². The summed E-state index contributed by atoms with van der Waals surface area (Å²) in [5, 5.41) is 4.73. The monoisotopic (exact) mass is 533 g/mol. The molecule has 2 heterocycles. The Kier molecular flexibility index (Phi) is 9.53. The fraction of sp³-hybridized carbons (Fsp3) is 0.520. The molecule has 0 radical (unpaired) electrons. The molecule has 206 valence electrons. The highest BCUT2D eigenvalue weighted by Crippen LogP contribution is 2.33. The lowest BCUT2D eigenvalue weighted by atomic mass is 10.0. The number of rotatable bonds is 12. The first-order valence-electron chi connectivity index (χ1n) is 12.1. The molecule has 1 aromatic carbocycles. The molecule has 0 spiro atoms. The number of ether oxygens (including phenoxy) is 4. The molecule has 0 saturated carbocycles. The molecule has 0 aromatic heterocycles. The number of nitrogens with zero attached hydrogens (tertiary/aromatic N) is 1. The van der Waals surface area contributed by atoms with Crippen molar-refractivity contribution in [3.8, 4) is 5.75 Å². The third-order valence-corrected chi connectivity index (χ3v) is 5.37. The summed E-state index contributed by atoms with van der Waals surface area (Å²) >= 11 is 0. The van der Waals surface area contributed by atoms with E-state index in [4.69, 9.17) is 18.9 Å². The zero-order valence-electron chi connectivity index (χ0n) is 21.5. The second-order valence-electron chi connectivity index (χ2n) is 9.52. The third-order valence-electron chi connectivity index (χ3n) is 5.37. The van der Waals surface area contributed by atoms with Crippen molar-refractivity contribution in [1.29, 1.82) is 0 Å². The van der Waals surface area contributed by atoms with Gasteiger partial charge < -0.3 is 24.3 Å². The SMILES string of the molecule is CC(C)(C)OC(=O)COCCOCCNC(=O)COc1cccc2c1C(=O)N(C1CCC(=O)NC1=O)C2=O. The zero-order valence-corrected chi connectivity index (χ0v) is 21.5. The molecule has 1 aromatic rings. The lowest BCUT2D eigenvalue weighted by Gasteiger charge is -2.27. The van der Waals surface area contributed by atoms with Gasteiger partial charge in [0.2, 0.25) is 11.8 Å². The molecule has 1 saturated heterocycles. The summed E-state index contributed by atoms with van der Waals surface area (Å²) in [4.78, 5) is 74.0. The number of benzene rings is 1. The Morgan fingerprint density at radius 3 is 2.47 bits per heavy atom. The standard InChI is InChI=1S/C25H31N3O10/c1-25(2,3)38-20(31)14-36-12-11-35-10-9-26-19(30)13-37-17-6-4-5-15-21(17)24(34)28(23(15)33)16-7-8-18(29)27-22(16)32/h4-6,16H,7-14H2,1-3H3,(H,26,30)(H,27,29,32). The topological polar surface area (TPSA) is 167 Å². The van der Waals surface area contributed by atoms with E-state index in [0.29, 0.717) is 0 Å². The van der Waals surface area contributed by atoms with E-state index in [1.165, 1.54) is 18.2 Å². The molecule has 2 N–H and O–H groups in total. The summed E-state index contributed by atoms with van der Waals surface area (Å²) in [5.41, 5.74) is -0.563. The summed E-state index contributed by atoms with van der Waals surface area (Å²) in [6.07, 6.45) is 0.0445. The molecule has 3 rings (SSSR count). The Morgan fingerprint density at radius 1 is 1.03 bits per heavy atom. The van der Waals surface area contributed by atoms with Crippen molar-refractivity contribution in [2.75, 3.05) is 39.6 Å². The van der Waals surface area contributed by atoms with Crippen LogP contribution < -0.4 is 15.4 Å². The number of amides is 5. The van der Waals surface area contributed by atoms with Gasteiger partial charge in [-0.1, -0.05) is 6.07 Å². The van der Waals surface area contributed by atoms with Crippen molar-refractivity contribution in [3.05, 3.63) is 29.3 Å². The van der Waals surface area contributed by atoms with Crippen LogP contribution in [-0.2, 0) is 33.4 Å². The van der Waals surface area contributed by atoms with Gasteiger partial charge in [0.1, 0.15) is 24.0 Å². The highest BCUT2D eigenvalue weighted by molar-refractivity contribution is 6.24. The number of fused-ring (bicyclic) bond motifs is 1. The number of nitrogens with one attached hydrogen (secondary N) is 2. The van der Waals surface area contributed by atoms with Gasteiger partial charge in [0.05, 0.1) is 30.9 Å². The van der Waals surface area contributed by atoms with Crippen LogP contribution in [0.4, 0.5) is 0 Å². The molecular formula is C25H31N3O10. The normalized spacial score (nSPS) is 17.2. The molecule has 0 bridgehead atoms. The van der Waals surface area contributed by atoms with Gasteiger partial charge >= 0.3 is 5.97 Å². The van der Waals surface area contributed by atoms with Gasteiger partial charge in [0.25, 0.3) is 17.7 Å². The van der Waals surface area contributed by atoms with Crippen molar-refractivity contribution < 1.29 is 47.7 Å². The maximum absolute atomic E-state index is 13.0. The Balaban J connectivity index is 1.39. The molecule has 1 fully saturated rings. The van der Waals surface area contributed by atoms with E-state index in [0.717, 1.165) is 4.90 Å². The highest BCUT2D eigenvalue weighted by atomic mass is 16.6. The van der Waals surface area contributed by atoms with Crippen LogP contribution in [0.1, 0.15) is 54.3 Å². The average Bonchev–Trinajstić information content (AvgIpc) is 3.09. The number of hydrogen-bond acceptors (Lipinski definition) is 10. The van der Waals surface area contributed by atoms with Crippen molar-refractivity contribution >= 4 is 35.5 Å². The smallest absolute Gasteiger partial charge is 0.332 e. The molecule has 1 unspecified atom stereocenters. The Hall–Kier alpha value is -3.84. The summed E-state index contributed by atoms with van der Waals surface area (Å²) in [6.45, 7) is 5.45. The second-order valence-corrected chi connectivity index (χ2v) is 9.52. The zero-order chi connectivity index (χ0) is 27.9. The summed E-state index contributed by atoms with van der Waals surface area (Å²) in [6, 6.07) is 3.29. The molecule has 13 nitrogen and oxygen atoms in total. The first-order chi connectivity index (χ1) is 18.0. The largest absolute Gasteiger partial charge is 0.483 e. The van der Waals surface area contributed by atoms with Gasteiger partial charge in [0.15, 0.2) is 6.61 Å². The van der Waals surface area contributed by atoms with E-state index >= 15 is 0 Å². The van der Waals surface area contributed by atoms with Crippen molar-refractivity contribution in [2.24, 2.45) is 0 Å². The lowest BCUT2D eigenvalue weighted by Crippen LogP contribution is -2.54. The van der Waals surface area contributed by atoms with Crippen LogP contribution in [0, 0.1) is 0 Å². The maximum atomic E-state index is 13.0. The van der Waals surface area contributed by atoms with Crippen LogP contribution in [-0.4, -0.2) is 91.6 Å². The maximum Gasteiger partial charge on any atom is 0.332 e. The van der Waals surface area contributed by atoms with Gasteiger partial charge in [0, 0.05) is 13.0 Å². The third kappa shape index (κ3) is 7.59. The summed E-state index contributed by atoms with van der Waals surface area (Å²) in [5.74, 6) is -3.48. The molecule has 0 aliphatic carbocycles. The van der Waals surface area contributed by atoms with Crippen LogP contribution in [0.2, 0.25) is 0 Å². The minimum Gasteiger partial charge on any atom is -0.483 e. The molecule has 2 aliphatic heterocycles. The van der Waals surface area contributed by atoms with Gasteiger partial charge in [-0.05, 0) is 39.3 Å². The first-order valence-corrected chi connectivity index (χ1v) is 12.1. The van der Waals surface area contributed by atoms with E-state index in [1.54, 1.807) is 20.8 Å². The van der Waals surface area contributed by atoms with Crippen molar-refractivity contribution in [3.63, 3.8) is 0 Å². The minimum absolute atomic E-state index is 0.0101. The average molecular weight is 534 g/mol. The summed E-state index contributed by atoms with van der Waals surface area (Å²) in [7, 11) is 0. The first kappa shape index (κ1) is 28.7. The van der Waals surface area contributed by atoms with E-state index in [-0.39, 0.29) is 62.7 Å². The van der Waals surface area contributed by atoms with Gasteiger partial charge in [-0.25, -0.2) is 4.79 Å². The van der Waals surface area contributed by atoms with Crippen molar-refractivity contribution in [2.45, 2.75) is 45.3 Å². The second kappa shape index (κ2) is 12.6. The Morgan fingerprint density at radius 2 is 1.76 bits per heavy atom. The van der Waals surface area contributed by atoms with E-state index in [2.05, 4.69) is 10.6 Å². The Bertz CT molecular complexity index is 1110. The van der Waals surface area contributed by atoms with Crippen molar-refractivity contribution in [1.82, 2.24) is 15.5 Å². The molecule has 38 heavy (non-hydrogen) atoms. The fourth-order valence-corrected chi connectivity index (χ4v) is 3.81. The molecule has 2 aliphatic rings.